The van der Waals surface area contributed by atoms with Gasteiger partial charge in [0, 0.05) is 18.9 Å². The molecule has 1 heterocycles. The van der Waals surface area contributed by atoms with Gasteiger partial charge in [-0.25, -0.2) is 5.01 Å². The lowest BCUT2D eigenvalue weighted by molar-refractivity contribution is -0.130. The second kappa shape index (κ2) is 9.07. The Morgan fingerprint density at radius 3 is 2.13 bits per heavy atom. The number of hydrogen-bond acceptors (Lipinski definition) is 6. The summed E-state index contributed by atoms with van der Waals surface area (Å²) in [6.07, 6.45) is 1.41. The molecule has 2 aromatic carbocycles. The van der Waals surface area contributed by atoms with Crippen molar-refractivity contribution in [2.45, 2.75) is 32.7 Å². The molecule has 3 rings (SSSR count). The number of methoxy groups -OCH3 is 4. The first-order valence-corrected chi connectivity index (χ1v) is 9.81. The molecule has 0 saturated heterocycles. The second-order valence-electron chi connectivity index (χ2n) is 6.97. The molecule has 1 amide bonds. The molecule has 0 radical (unpaired) electrons. The van der Waals surface area contributed by atoms with E-state index in [4.69, 9.17) is 18.9 Å². The molecule has 7 nitrogen and oxygen atoms in total. The molecule has 0 aliphatic carbocycles. The molecule has 1 unspecified atom stereocenters. The molecule has 0 spiro atoms. The van der Waals surface area contributed by atoms with Gasteiger partial charge < -0.3 is 18.9 Å². The van der Waals surface area contributed by atoms with E-state index in [2.05, 4.69) is 18.1 Å². The Hall–Kier alpha value is -3.22. The fourth-order valence-corrected chi connectivity index (χ4v) is 3.76. The minimum atomic E-state index is -0.187. The zero-order chi connectivity index (χ0) is 21.8. The van der Waals surface area contributed by atoms with E-state index >= 15 is 0 Å². The molecule has 0 saturated carbocycles. The maximum absolute atomic E-state index is 12.4. The van der Waals surface area contributed by atoms with E-state index in [1.165, 1.54) is 6.92 Å². The molecule has 7 heteroatoms. The number of hydrogen-bond donors (Lipinski definition) is 0. The topological polar surface area (TPSA) is 69.6 Å². The van der Waals surface area contributed by atoms with Crippen molar-refractivity contribution in [3.8, 4) is 23.0 Å². The van der Waals surface area contributed by atoms with Crippen LogP contribution in [0.5, 0.6) is 23.0 Å². The summed E-state index contributed by atoms with van der Waals surface area (Å²) in [6, 6.07) is 9.55. The van der Waals surface area contributed by atoms with Crippen molar-refractivity contribution in [1.29, 1.82) is 0 Å². The van der Waals surface area contributed by atoms with Crippen molar-refractivity contribution in [2.75, 3.05) is 28.4 Å². The Morgan fingerprint density at radius 1 is 1.00 bits per heavy atom. The summed E-state index contributed by atoms with van der Waals surface area (Å²) >= 11 is 0. The molecule has 1 aliphatic heterocycles. The lowest BCUT2D eigenvalue weighted by Gasteiger charge is -2.21. The van der Waals surface area contributed by atoms with Crippen LogP contribution in [-0.4, -0.2) is 45.1 Å². The number of amides is 1. The Balaban J connectivity index is 2.02. The lowest BCUT2D eigenvalue weighted by Crippen LogP contribution is -2.24. The number of hydrazone groups is 1. The number of aryl methyl sites for hydroxylation is 1. The lowest BCUT2D eigenvalue weighted by atomic mass is 9.96. The average Bonchev–Trinajstić information content (AvgIpc) is 3.23. The van der Waals surface area contributed by atoms with E-state index < -0.39 is 0 Å². The van der Waals surface area contributed by atoms with E-state index in [1.54, 1.807) is 33.4 Å². The summed E-state index contributed by atoms with van der Waals surface area (Å²) in [6.45, 7) is 3.61. The third-order valence-corrected chi connectivity index (χ3v) is 5.30. The molecular weight excluding hydrogens is 384 g/mol. The van der Waals surface area contributed by atoms with Crippen molar-refractivity contribution in [3.63, 3.8) is 0 Å². The van der Waals surface area contributed by atoms with Crippen LogP contribution >= 0.6 is 0 Å². The Bertz CT molecular complexity index is 945. The van der Waals surface area contributed by atoms with E-state index in [0.29, 0.717) is 23.7 Å². The van der Waals surface area contributed by atoms with E-state index in [1.807, 2.05) is 24.3 Å². The van der Waals surface area contributed by atoms with Crippen LogP contribution in [0.25, 0.3) is 0 Å². The summed E-state index contributed by atoms with van der Waals surface area (Å²) < 4.78 is 21.8. The van der Waals surface area contributed by atoms with Crippen molar-refractivity contribution in [2.24, 2.45) is 5.10 Å². The van der Waals surface area contributed by atoms with Crippen LogP contribution in [-0.2, 0) is 11.2 Å². The summed E-state index contributed by atoms with van der Waals surface area (Å²) in [5, 5.41) is 6.18. The van der Waals surface area contributed by atoms with Crippen LogP contribution in [0.4, 0.5) is 0 Å². The molecule has 0 N–H and O–H groups in total. The van der Waals surface area contributed by atoms with Crippen LogP contribution in [0.15, 0.2) is 35.4 Å². The predicted octanol–water partition coefficient (Wildman–Crippen LogP) is 3.98. The first kappa shape index (κ1) is 21.5. The number of ether oxygens (including phenoxy) is 4. The molecule has 0 aromatic heterocycles. The van der Waals surface area contributed by atoms with Crippen LogP contribution in [0, 0.1) is 0 Å². The normalized spacial score (nSPS) is 15.6. The molecule has 1 atom stereocenters. The molecule has 160 valence electrons. The summed E-state index contributed by atoms with van der Waals surface area (Å²) in [7, 11) is 6.38. The van der Waals surface area contributed by atoms with Gasteiger partial charge in [0.15, 0.2) is 11.5 Å². The van der Waals surface area contributed by atoms with Crippen molar-refractivity contribution in [1.82, 2.24) is 5.01 Å². The van der Waals surface area contributed by atoms with Gasteiger partial charge in [0.2, 0.25) is 11.7 Å². The fourth-order valence-electron chi connectivity index (χ4n) is 3.76. The van der Waals surface area contributed by atoms with Gasteiger partial charge >= 0.3 is 0 Å². The van der Waals surface area contributed by atoms with Gasteiger partial charge in [-0.2, -0.15) is 5.10 Å². The van der Waals surface area contributed by atoms with Gasteiger partial charge in [-0.3, -0.25) is 4.79 Å². The van der Waals surface area contributed by atoms with Crippen molar-refractivity contribution >= 4 is 11.6 Å². The molecule has 2 aromatic rings. The first-order chi connectivity index (χ1) is 14.5. The first-order valence-electron chi connectivity index (χ1n) is 9.81. The SMILES string of the molecule is CCc1cc(C2CC(c3cc(OC)c(OC)c(OC)c3)=NN2C(C)=O)ccc1OC. The Morgan fingerprint density at radius 2 is 1.63 bits per heavy atom. The Kier molecular flexibility index (Phi) is 6.50. The number of benzene rings is 2. The third kappa shape index (κ3) is 3.92. The monoisotopic (exact) mass is 412 g/mol. The van der Waals surface area contributed by atoms with Crippen molar-refractivity contribution < 1.29 is 23.7 Å². The minimum Gasteiger partial charge on any atom is -0.496 e. The van der Waals surface area contributed by atoms with Gasteiger partial charge in [-0.05, 0) is 41.8 Å². The van der Waals surface area contributed by atoms with Gasteiger partial charge in [0.25, 0.3) is 0 Å². The average molecular weight is 412 g/mol. The quantitative estimate of drug-likeness (QED) is 0.688. The molecule has 0 bridgehead atoms. The maximum Gasteiger partial charge on any atom is 0.240 e. The number of carbonyl (C=O) groups excluding carboxylic acids is 1. The maximum atomic E-state index is 12.4. The van der Waals surface area contributed by atoms with Gasteiger partial charge in [0.1, 0.15) is 5.75 Å². The molecule has 0 fully saturated rings. The number of rotatable bonds is 7. The van der Waals surface area contributed by atoms with Crippen LogP contribution < -0.4 is 18.9 Å². The molecule has 30 heavy (non-hydrogen) atoms. The highest BCUT2D eigenvalue weighted by Gasteiger charge is 2.32. The van der Waals surface area contributed by atoms with Crippen molar-refractivity contribution in [3.05, 3.63) is 47.0 Å². The number of nitrogens with zero attached hydrogens (tertiary/aromatic N) is 2. The zero-order valence-corrected chi connectivity index (χ0v) is 18.3. The highest BCUT2D eigenvalue weighted by molar-refractivity contribution is 6.04. The largest absolute Gasteiger partial charge is 0.496 e. The minimum absolute atomic E-state index is 0.115. The van der Waals surface area contributed by atoms with Gasteiger partial charge in [-0.1, -0.05) is 13.0 Å². The van der Waals surface area contributed by atoms with Crippen LogP contribution in [0.1, 0.15) is 43.0 Å². The van der Waals surface area contributed by atoms with E-state index in [-0.39, 0.29) is 11.9 Å². The molecular formula is C23H28N2O5. The standard InChI is InChI=1S/C23H28N2O5/c1-7-15-10-16(8-9-20(15)27-3)19-13-18(24-25(19)14(2)26)17-11-21(28-4)23(30-6)22(12-17)29-5/h8-12,19H,7,13H2,1-6H3. The van der Waals surface area contributed by atoms with Gasteiger partial charge in [-0.15, -0.1) is 0 Å². The highest BCUT2D eigenvalue weighted by atomic mass is 16.5. The third-order valence-electron chi connectivity index (χ3n) is 5.30. The number of carbonyl (C=O) groups is 1. The van der Waals surface area contributed by atoms with E-state index in [9.17, 15) is 4.79 Å². The summed E-state index contributed by atoms with van der Waals surface area (Å²) in [5.41, 5.74) is 3.72. The van der Waals surface area contributed by atoms with Gasteiger partial charge in [0.05, 0.1) is 40.2 Å². The summed E-state index contributed by atoms with van der Waals surface area (Å²) in [4.78, 5) is 12.4. The summed E-state index contributed by atoms with van der Waals surface area (Å²) in [5.74, 6) is 2.34. The fraction of sp³-hybridized carbons (Fsp3) is 0.391. The molecule has 1 aliphatic rings. The zero-order valence-electron chi connectivity index (χ0n) is 18.3. The van der Waals surface area contributed by atoms with Crippen LogP contribution in [0.3, 0.4) is 0 Å². The predicted molar refractivity (Wildman–Crippen MR) is 115 cm³/mol. The smallest absolute Gasteiger partial charge is 0.240 e. The second-order valence-corrected chi connectivity index (χ2v) is 6.97. The van der Waals surface area contributed by atoms with Crippen LogP contribution in [0.2, 0.25) is 0 Å². The Labute approximate surface area is 177 Å². The highest BCUT2D eigenvalue weighted by Crippen LogP contribution is 2.41. The van der Waals surface area contributed by atoms with E-state index in [0.717, 1.165) is 34.6 Å².